The van der Waals surface area contributed by atoms with E-state index in [1.807, 2.05) is 12.1 Å². The molecule has 24 heavy (non-hydrogen) atoms. The number of rotatable bonds is 3. The largest absolute Gasteiger partial charge is 0.493 e. The number of hydrogen-bond acceptors (Lipinski definition) is 3. The van der Waals surface area contributed by atoms with Crippen LogP contribution in [0.3, 0.4) is 0 Å². The highest BCUT2D eigenvalue weighted by molar-refractivity contribution is 6.16. The number of benzene rings is 1. The number of pyridine rings is 1. The average Bonchev–Trinajstić information content (AvgIpc) is 2.72. The van der Waals surface area contributed by atoms with Crippen LogP contribution in [0, 0.1) is 0 Å². The van der Waals surface area contributed by atoms with Crippen LogP contribution < -0.4 is 9.47 Å². The van der Waals surface area contributed by atoms with E-state index >= 15 is 0 Å². The van der Waals surface area contributed by atoms with E-state index in [1.165, 1.54) is 56.9 Å². The molecule has 0 amide bonds. The molecule has 1 saturated carbocycles. The molecule has 0 radical (unpaired) electrons. The fourth-order valence-electron chi connectivity index (χ4n) is 3.94. The molecule has 0 N–H and O–H groups in total. The minimum Gasteiger partial charge on any atom is -0.493 e. The Morgan fingerprint density at radius 3 is 2.08 bits per heavy atom. The minimum atomic E-state index is 0.235. The van der Waals surface area contributed by atoms with Gasteiger partial charge in [0.15, 0.2) is 11.5 Å². The van der Waals surface area contributed by atoms with Crippen LogP contribution in [-0.4, -0.2) is 27.0 Å². The van der Waals surface area contributed by atoms with Gasteiger partial charge in [0, 0.05) is 17.6 Å². The van der Waals surface area contributed by atoms with Gasteiger partial charge in [-0.25, -0.2) is 0 Å². The topological polar surface area (TPSA) is 31.4 Å². The monoisotopic (exact) mass is 325 g/mol. The fraction of sp³-hybridized carbons (Fsp3) is 0.550. The van der Waals surface area contributed by atoms with E-state index in [-0.39, 0.29) is 5.31 Å². The zero-order chi connectivity index (χ0) is 17.0. The van der Waals surface area contributed by atoms with Gasteiger partial charge in [0.05, 0.1) is 19.7 Å². The molecule has 1 aromatic carbocycles. The Kier molecular flexibility index (Phi) is 5.32. The van der Waals surface area contributed by atoms with E-state index in [0.717, 1.165) is 22.4 Å². The van der Waals surface area contributed by atoms with Crippen LogP contribution in [0.1, 0.15) is 56.9 Å². The Bertz CT molecular complexity index is 691. The normalized spacial score (nSPS) is 18.4. The minimum absolute atomic E-state index is 0.235. The number of fused-ring (bicyclic) bond motifs is 1. The second-order valence-corrected chi connectivity index (χ2v) is 7.31. The van der Waals surface area contributed by atoms with Crippen LogP contribution >= 0.6 is 0 Å². The van der Waals surface area contributed by atoms with Crippen molar-refractivity contribution in [3.63, 3.8) is 0 Å². The summed E-state index contributed by atoms with van der Waals surface area (Å²) in [5.74, 6) is 1.50. The summed E-state index contributed by atoms with van der Waals surface area (Å²) < 4.78 is 10.8. The second-order valence-electron chi connectivity index (χ2n) is 7.31. The molecule has 4 heteroatoms. The first-order chi connectivity index (χ1) is 11.7. The van der Waals surface area contributed by atoms with Gasteiger partial charge >= 0.3 is 0 Å². The van der Waals surface area contributed by atoms with Crippen molar-refractivity contribution in [1.29, 1.82) is 0 Å². The van der Waals surface area contributed by atoms with Crippen LogP contribution in [0.15, 0.2) is 24.4 Å². The molecule has 2 aromatic rings. The number of nitrogens with zero attached hydrogens (tertiary/aromatic N) is 1. The summed E-state index contributed by atoms with van der Waals surface area (Å²) in [6, 6.07) is 6.31. The molecule has 0 saturated heterocycles. The predicted molar refractivity (Wildman–Crippen MR) is 102 cm³/mol. The Morgan fingerprint density at radius 1 is 0.875 bits per heavy atom. The Morgan fingerprint density at radius 2 is 1.46 bits per heavy atom. The maximum Gasteiger partial charge on any atom is 0.162 e. The molecule has 1 aliphatic rings. The molecule has 0 atom stereocenters. The lowest BCUT2D eigenvalue weighted by Gasteiger charge is -2.30. The Labute approximate surface area is 146 Å². The van der Waals surface area contributed by atoms with E-state index in [2.05, 4.69) is 20.1 Å². The second kappa shape index (κ2) is 7.46. The summed E-state index contributed by atoms with van der Waals surface area (Å²) in [6.07, 6.45) is 12.7. The number of hydrogen-bond donors (Lipinski definition) is 0. The van der Waals surface area contributed by atoms with Crippen molar-refractivity contribution in [2.75, 3.05) is 14.2 Å². The molecule has 1 fully saturated rings. The van der Waals surface area contributed by atoms with Crippen LogP contribution in [-0.2, 0) is 5.31 Å². The smallest absolute Gasteiger partial charge is 0.162 e. The van der Waals surface area contributed by atoms with Gasteiger partial charge in [-0.15, -0.1) is 0 Å². The SMILES string of the molecule is BC1(c2cnc3cc(OC)c(OC)cc3c2)CCCCCCCC1. The quantitative estimate of drug-likeness (QED) is 0.792. The lowest BCUT2D eigenvalue weighted by Crippen LogP contribution is -2.26. The summed E-state index contributed by atoms with van der Waals surface area (Å²) in [7, 11) is 5.76. The molecule has 1 aliphatic carbocycles. The van der Waals surface area contributed by atoms with Crippen molar-refractivity contribution in [2.45, 2.75) is 56.7 Å². The molecule has 3 rings (SSSR count). The fourth-order valence-corrected chi connectivity index (χ4v) is 3.94. The van der Waals surface area contributed by atoms with E-state index in [0.29, 0.717) is 0 Å². The van der Waals surface area contributed by atoms with E-state index in [4.69, 9.17) is 14.5 Å². The molecule has 1 heterocycles. The highest BCUT2D eigenvalue weighted by Crippen LogP contribution is 2.37. The summed E-state index contributed by atoms with van der Waals surface area (Å²) in [5, 5.41) is 1.37. The first-order valence-corrected chi connectivity index (χ1v) is 9.18. The highest BCUT2D eigenvalue weighted by atomic mass is 16.5. The van der Waals surface area contributed by atoms with E-state index < -0.39 is 0 Å². The van der Waals surface area contributed by atoms with Crippen molar-refractivity contribution >= 4 is 18.7 Å². The lowest BCUT2D eigenvalue weighted by molar-refractivity contribution is 0.356. The third-order valence-corrected chi connectivity index (χ3v) is 5.59. The summed E-state index contributed by atoms with van der Waals surface area (Å²) in [6.45, 7) is 0. The first kappa shape index (κ1) is 17.1. The van der Waals surface area contributed by atoms with Gasteiger partial charge in [0.1, 0.15) is 7.85 Å². The summed E-state index contributed by atoms with van der Waals surface area (Å²) in [4.78, 5) is 4.73. The molecule has 0 spiro atoms. The van der Waals surface area contributed by atoms with Gasteiger partial charge in [-0.2, -0.15) is 0 Å². The highest BCUT2D eigenvalue weighted by Gasteiger charge is 2.27. The average molecular weight is 325 g/mol. The number of aromatic nitrogens is 1. The van der Waals surface area contributed by atoms with E-state index in [1.54, 1.807) is 14.2 Å². The van der Waals surface area contributed by atoms with Gasteiger partial charge in [0.2, 0.25) is 0 Å². The number of ether oxygens (including phenoxy) is 2. The molecule has 0 bridgehead atoms. The van der Waals surface area contributed by atoms with Crippen molar-refractivity contribution in [3.8, 4) is 11.5 Å². The van der Waals surface area contributed by atoms with Crippen LogP contribution in [0.2, 0.25) is 0 Å². The molecule has 1 aromatic heterocycles. The van der Waals surface area contributed by atoms with Crippen molar-refractivity contribution in [1.82, 2.24) is 4.98 Å². The molecule has 0 unspecified atom stereocenters. The number of methoxy groups -OCH3 is 2. The standard InChI is InChI=1S/C20H28BNO2/c1-23-18-12-15-11-16(14-22-17(15)13-19(18)24-2)20(21)9-7-5-3-4-6-8-10-20/h11-14H,3-10,21H2,1-2H3. The van der Waals surface area contributed by atoms with Gasteiger partial charge in [-0.1, -0.05) is 51.4 Å². The molecule has 0 aliphatic heterocycles. The van der Waals surface area contributed by atoms with Crippen LogP contribution in [0.5, 0.6) is 11.5 Å². The molecule has 3 nitrogen and oxygen atoms in total. The maximum absolute atomic E-state index is 5.46. The molecular weight excluding hydrogens is 297 g/mol. The maximum atomic E-state index is 5.46. The summed E-state index contributed by atoms with van der Waals surface area (Å²) in [5.41, 5.74) is 2.33. The third kappa shape index (κ3) is 3.53. The van der Waals surface area contributed by atoms with Crippen LogP contribution in [0.25, 0.3) is 10.9 Å². The lowest BCUT2D eigenvalue weighted by atomic mass is 9.59. The van der Waals surface area contributed by atoms with Gasteiger partial charge < -0.3 is 9.47 Å². The summed E-state index contributed by atoms with van der Waals surface area (Å²) >= 11 is 0. The van der Waals surface area contributed by atoms with Crippen molar-refractivity contribution in [3.05, 3.63) is 30.0 Å². The molecule has 128 valence electrons. The van der Waals surface area contributed by atoms with Gasteiger partial charge in [-0.05, 0) is 23.0 Å². The van der Waals surface area contributed by atoms with E-state index in [9.17, 15) is 0 Å². The third-order valence-electron chi connectivity index (χ3n) is 5.59. The first-order valence-electron chi connectivity index (χ1n) is 9.18. The van der Waals surface area contributed by atoms with Crippen molar-refractivity contribution in [2.24, 2.45) is 0 Å². The van der Waals surface area contributed by atoms with Gasteiger partial charge in [-0.3, -0.25) is 4.98 Å². The molecular formula is C20H28BNO2. The zero-order valence-corrected chi connectivity index (χ0v) is 15.2. The Hall–Kier alpha value is -1.71. The Balaban J connectivity index is 1.98. The predicted octanol–water partition coefficient (Wildman–Crippen LogP) is 4.21. The zero-order valence-electron chi connectivity index (χ0n) is 15.2. The van der Waals surface area contributed by atoms with Gasteiger partial charge in [0.25, 0.3) is 0 Å². The van der Waals surface area contributed by atoms with Crippen LogP contribution in [0.4, 0.5) is 0 Å². The van der Waals surface area contributed by atoms with Crippen molar-refractivity contribution < 1.29 is 9.47 Å².